The van der Waals surface area contributed by atoms with Gasteiger partial charge in [-0.25, -0.2) is 0 Å². The Kier molecular flexibility index (Phi) is 7.72. The molecular formula is C22H31Cl2N3O. The summed E-state index contributed by atoms with van der Waals surface area (Å²) in [6.45, 7) is 9.08. The molecule has 1 saturated heterocycles. The highest BCUT2D eigenvalue weighted by Crippen LogP contribution is 2.40. The zero-order chi connectivity index (χ0) is 18.3. The molecule has 4 rings (SSSR count). The number of hydrogen-bond acceptors (Lipinski definition) is 3. The van der Waals surface area contributed by atoms with Crippen LogP contribution in [-0.2, 0) is 0 Å². The van der Waals surface area contributed by atoms with Gasteiger partial charge in [-0.15, -0.1) is 24.8 Å². The molecular weight excluding hydrogens is 393 g/mol. The van der Waals surface area contributed by atoms with Gasteiger partial charge in [0.05, 0.1) is 11.1 Å². The van der Waals surface area contributed by atoms with Crippen molar-refractivity contribution in [3.8, 4) is 0 Å². The van der Waals surface area contributed by atoms with Crippen molar-refractivity contribution in [1.82, 2.24) is 15.2 Å². The van der Waals surface area contributed by atoms with Crippen LogP contribution < -0.4 is 5.32 Å². The van der Waals surface area contributed by atoms with Crippen molar-refractivity contribution < 1.29 is 4.79 Å². The standard InChI is InChI=1S/C22H29N3O.2ClH/c1-4-9-25(17-7-8-23-13-17)22(26)19-12-20(16-5-6-16)24-21-15(3)10-14(2)11-18(19)21;;/h10-12,16-17,23H,4-9,13H2,1-3H3;2*1H. The second kappa shape index (κ2) is 9.43. The second-order valence-corrected chi connectivity index (χ2v) is 7.99. The van der Waals surface area contributed by atoms with Crippen LogP contribution in [0.5, 0.6) is 0 Å². The number of benzene rings is 1. The Bertz CT molecular complexity index is 845. The van der Waals surface area contributed by atoms with Crippen molar-refractivity contribution in [2.75, 3.05) is 19.6 Å². The number of nitrogens with one attached hydrogen (secondary N) is 1. The van der Waals surface area contributed by atoms with E-state index in [-0.39, 0.29) is 30.7 Å². The average Bonchev–Trinajstić information content (AvgIpc) is 3.33. The van der Waals surface area contributed by atoms with E-state index in [0.29, 0.717) is 12.0 Å². The Labute approximate surface area is 180 Å². The van der Waals surface area contributed by atoms with Crippen molar-refractivity contribution in [3.63, 3.8) is 0 Å². The molecule has 6 heteroatoms. The fraction of sp³-hybridized carbons (Fsp3) is 0.545. The summed E-state index contributed by atoms with van der Waals surface area (Å²) in [5, 5.41) is 4.42. The van der Waals surface area contributed by atoms with Crippen molar-refractivity contribution in [3.05, 3.63) is 40.6 Å². The maximum Gasteiger partial charge on any atom is 0.254 e. The number of pyridine rings is 1. The monoisotopic (exact) mass is 423 g/mol. The lowest BCUT2D eigenvalue weighted by atomic mass is 9.99. The van der Waals surface area contributed by atoms with Crippen LogP contribution in [0.3, 0.4) is 0 Å². The molecule has 1 aromatic carbocycles. The number of rotatable bonds is 5. The molecule has 2 aliphatic rings. The zero-order valence-electron chi connectivity index (χ0n) is 17.0. The molecule has 2 fully saturated rings. The summed E-state index contributed by atoms with van der Waals surface area (Å²) in [4.78, 5) is 20.7. The van der Waals surface area contributed by atoms with E-state index in [4.69, 9.17) is 4.98 Å². The Morgan fingerprint density at radius 1 is 1.18 bits per heavy atom. The number of hydrogen-bond donors (Lipinski definition) is 1. The summed E-state index contributed by atoms with van der Waals surface area (Å²) in [5.74, 6) is 0.722. The van der Waals surface area contributed by atoms with Gasteiger partial charge in [0.25, 0.3) is 5.91 Å². The maximum absolute atomic E-state index is 13.6. The van der Waals surface area contributed by atoms with Gasteiger partial charge in [0, 0.05) is 36.1 Å². The minimum absolute atomic E-state index is 0. The first-order valence-corrected chi connectivity index (χ1v) is 10.0. The molecule has 1 aromatic heterocycles. The number of carbonyl (C=O) groups is 1. The van der Waals surface area contributed by atoms with E-state index in [1.165, 1.54) is 24.0 Å². The SMILES string of the molecule is CCCN(C(=O)c1cc(C2CC2)nc2c(C)cc(C)cc12)C1CCNC1.Cl.Cl. The van der Waals surface area contributed by atoms with Crippen LogP contribution in [0.25, 0.3) is 10.9 Å². The van der Waals surface area contributed by atoms with Crippen molar-refractivity contribution in [2.24, 2.45) is 0 Å². The Balaban J connectivity index is 0.00000140. The molecule has 1 amide bonds. The van der Waals surface area contributed by atoms with E-state index in [2.05, 4.69) is 49.2 Å². The van der Waals surface area contributed by atoms with Gasteiger partial charge in [-0.3, -0.25) is 9.78 Å². The van der Waals surface area contributed by atoms with Gasteiger partial charge in [-0.05, 0) is 63.8 Å². The normalized spacial score (nSPS) is 18.5. The number of nitrogens with zero attached hydrogens (tertiary/aromatic N) is 2. The topological polar surface area (TPSA) is 45.2 Å². The molecule has 1 aliphatic carbocycles. The molecule has 0 spiro atoms. The molecule has 4 nitrogen and oxygen atoms in total. The third kappa shape index (κ3) is 4.45. The Morgan fingerprint density at radius 2 is 1.93 bits per heavy atom. The number of carbonyl (C=O) groups excluding carboxylic acids is 1. The van der Waals surface area contributed by atoms with Crippen LogP contribution >= 0.6 is 24.8 Å². The summed E-state index contributed by atoms with van der Waals surface area (Å²) in [6.07, 6.45) is 4.42. The predicted octanol–water partition coefficient (Wildman–Crippen LogP) is 4.79. The molecule has 28 heavy (non-hydrogen) atoms. The summed E-state index contributed by atoms with van der Waals surface area (Å²) in [5.41, 5.74) is 5.32. The Hall–Kier alpha value is -1.36. The first kappa shape index (κ1) is 22.9. The van der Waals surface area contributed by atoms with Gasteiger partial charge >= 0.3 is 0 Å². The van der Waals surface area contributed by atoms with E-state index in [1.54, 1.807) is 0 Å². The third-order valence-corrected chi connectivity index (χ3v) is 5.69. The van der Waals surface area contributed by atoms with Gasteiger partial charge in [-0.1, -0.05) is 18.6 Å². The number of halogens is 2. The van der Waals surface area contributed by atoms with Crippen LogP contribution in [0.1, 0.15) is 65.7 Å². The largest absolute Gasteiger partial charge is 0.334 e. The highest BCUT2D eigenvalue weighted by Gasteiger charge is 2.31. The van der Waals surface area contributed by atoms with Gasteiger partial charge in [0.15, 0.2) is 0 Å². The van der Waals surface area contributed by atoms with E-state index in [9.17, 15) is 4.79 Å². The molecule has 1 N–H and O–H groups in total. The highest BCUT2D eigenvalue weighted by molar-refractivity contribution is 6.07. The first-order valence-electron chi connectivity index (χ1n) is 10.0. The molecule has 2 heterocycles. The lowest BCUT2D eigenvalue weighted by Crippen LogP contribution is -2.42. The van der Waals surface area contributed by atoms with Gasteiger partial charge in [0.1, 0.15) is 0 Å². The highest BCUT2D eigenvalue weighted by atomic mass is 35.5. The summed E-state index contributed by atoms with van der Waals surface area (Å²) in [6, 6.07) is 6.70. The van der Waals surface area contributed by atoms with Crippen LogP contribution in [0.15, 0.2) is 18.2 Å². The molecule has 154 valence electrons. The quantitative estimate of drug-likeness (QED) is 0.751. The zero-order valence-corrected chi connectivity index (χ0v) is 18.6. The van der Waals surface area contributed by atoms with E-state index >= 15 is 0 Å². The minimum atomic E-state index is 0. The summed E-state index contributed by atoms with van der Waals surface area (Å²) in [7, 11) is 0. The number of fused-ring (bicyclic) bond motifs is 1. The summed E-state index contributed by atoms with van der Waals surface area (Å²) < 4.78 is 0. The smallest absolute Gasteiger partial charge is 0.254 e. The van der Waals surface area contributed by atoms with Crippen molar-refractivity contribution in [1.29, 1.82) is 0 Å². The molecule has 1 atom stereocenters. The molecule has 0 radical (unpaired) electrons. The van der Waals surface area contributed by atoms with E-state index in [1.807, 2.05) is 0 Å². The summed E-state index contributed by atoms with van der Waals surface area (Å²) >= 11 is 0. The van der Waals surface area contributed by atoms with Crippen LogP contribution in [-0.4, -0.2) is 41.5 Å². The van der Waals surface area contributed by atoms with Crippen molar-refractivity contribution >= 4 is 41.6 Å². The maximum atomic E-state index is 13.6. The van der Waals surface area contributed by atoms with Crippen LogP contribution in [0.4, 0.5) is 0 Å². The van der Waals surface area contributed by atoms with E-state index in [0.717, 1.165) is 54.6 Å². The predicted molar refractivity (Wildman–Crippen MR) is 120 cm³/mol. The fourth-order valence-corrected chi connectivity index (χ4v) is 4.22. The number of aryl methyl sites for hydroxylation is 2. The van der Waals surface area contributed by atoms with Gasteiger partial charge < -0.3 is 10.2 Å². The number of aromatic nitrogens is 1. The lowest BCUT2D eigenvalue weighted by molar-refractivity contribution is 0.0694. The molecule has 1 saturated carbocycles. The lowest BCUT2D eigenvalue weighted by Gasteiger charge is -2.29. The number of amides is 1. The van der Waals surface area contributed by atoms with Crippen molar-refractivity contribution in [2.45, 2.75) is 58.4 Å². The average molecular weight is 424 g/mol. The molecule has 1 unspecified atom stereocenters. The minimum Gasteiger partial charge on any atom is -0.334 e. The molecule has 1 aliphatic heterocycles. The molecule has 2 aromatic rings. The third-order valence-electron chi connectivity index (χ3n) is 5.69. The Morgan fingerprint density at radius 3 is 2.54 bits per heavy atom. The molecule has 0 bridgehead atoms. The van der Waals surface area contributed by atoms with Crippen LogP contribution in [0.2, 0.25) is 0 Å². The van der Waals surface area contributed by atoms with E-state index < -0.39 is 0 Å². The van der Waals surface area contributed by atoms with Gasteiger partial charge in [0.2, 0.25) is 0 Å². The first-order chi connectivity index (χ1) is 12.6. The van der Waals surface area contributed by atoms with Crippen LogP contribution in [0, 0.1) is 13.8 Å². The second-order valence-electron chi connectivity index (χ2n) is 7.99. The fourth-order valence-electron chi connectivity index (χ4n) is 4.22. The van der Waals surface area contributed by atoms with Gasteiger partial charge in [-0.2, -0.15) is 0 Å².